The lowest BCUT2D eigenvalue weighted by molar-refractivity contribution is -0.0121. The minimum atomic E-state index is 0.633. The van der Waals surface area contributed by atoms with Crippen LogP contribution in [0, 0.1) is 17.3 Å². The highest BCUT2D eigenvalue weighted by Crippen LogP contribution is 2.54. The van der Waals surface area contributed by atoms with Gasteiger partial charge in [0.2, 0.25) is 0 Å². The first-order valence-electron chi connectivity index (χ1n) is 4.82. The Balaban J connectivity index is 2.03. The second-order valence-electron chi connectivity index (χ2n) is 4.55. The molecule has 0 N–H and O–H groups in total. The van der Waals surface area contributed by atoms with Crippen molar-refractivity contribution in [3.63, 3.8) is 0 Å². The van der Waals surface area contributed by atoms with E-state index in [2.05, 4.69) is 13.8 Å². The molecule has 0 aromatic rings. The van der Waals surface area contributed by atoms with Gasteiger partial charge in [-0.05, 0) is 36.5 Å². The fraction of sp³-hybridized carbons (Fsp3) is 1.00. The zero-order valence-corrected chi connectivity index (χ0v) is 7.60. The van der Waals surface area contributed by atoms with Crippen molar-refractivity contribution in [3.05, 3.63) is 0 Å². The van der Waals surface area contributed by atoms with E-state index in [1.165, 1.54) is 19.3 Å². The van der Waals surface area contributed by atoms with E-state index in [1.54, 1.807) is 0 Å². The summed E-state index contributed by atoms with van der Waals surface area (Å²) in [7, 11) is 0. The highest BCUT2D eigenvalue weighted by Gasteiger charge is 2.49. The maximum absolute atomic E-state index is 5.48. The Hall–Kier alpha value is -0.0400. The molecule has 1 saturated heterocycles. The SMILES string of the molecule is CC(C)C1CCC12CCOC2. The van der Waals surface area contributed by atoms with Crippen LogP contribution in [0.2, 0.25) is 0 Å². The van der Waals surface area contributed by atoms with Gasteiger partial charge in [0.1, 0.15) is 0 Å². The summed E-state index contributed by atoms with van der Waals surface area (Å²) in [6.07, 6.45) is 4.20. The summed E-state index contributed by atoms with van der Waals surface area (Å²) in [5.74, 6) is 1.83. The number of hydrogen-bond donors (Lipinski definition) is 0. The van der Waals surface area contributed by atoms with E-state index in [0.29, 0.717) is 5.41 Å². The molecular formula is C10H18O. The summed E-state index contributed by atoms with van der Waals surface area (Å²) in [6, 6.07) is 0. The molecule has 0 aromatic heterocycles. The highest BCUT2D eigenvalue weighted by molar-refractivity contribution is 4.98. The van der Waals surface area contributed by atoms with Gasteiger partial charge in [-0.2, -0.15) is 0 Å². The lowest BCUT2D eigenvalue weighted by Crippen LogP contribution is -2.43. The number of rotatable bonds is 1. The Morgan fingerprint density at radius 2 is 2.18 bits per heavy atom. The van der Waals surface area contributed by atoms with Gasteiger partial charge in [0.15, 0.2) is 0 Å². The predicted octanol–water partition coefficient (Wildman–Crippen LogP) is 2.46. The molecular weight excluding hydrogens is 136 g/mol. The zero-order chi connectivity index (χ0) is 7.90. The molecule has 0 radical (unpaired) electrons. The molecule has 2 fully saturated rings. The molecule has 2 rings (SSSR count). The van der Waals surface area contributed by atoms with E-state index in [1.807, 2.05) is 0 Å². The van der Waals surface area contributed by atoms with Gasteiger partial charge >= 0.3 is 0 Å². The van der Waals surface area contributed by atoms with Crippen molar-refractivity contribution < 1.29 is 4.74 Å². The third-order valence-corrected chi connectivity index (χ3v) is 3.68. The average Bonchev–Trinajstić information content (AvgIpc) is 2.31. The first-order chi connectivity index (χ1) is 5.25. The minimum Gasteiger partial charge on any atom is -0.381 e. The van der Waals surface area contributed by atoms with Gasteiger partial charge in [-0.3, -0.25) is 0 Å². The highest BCUT2D eigenvalue weighted by atomic mass is 16.5. The molecule has 1 aliphatic heterocycles. The van der Waals surface area contributed by atoms with Crippen LogP contribution >= 0.6 is 0 Å². The molecule has 2 aliphatic rings. The Labute approximate surface area is 69.1 Å². The first kappa shape index (κ1) is 7.60. The van der Waals surface area contributed by atoms with Crippen molar-refractivity contribution in [2.45, 2.75) is 33.1 Å². The van der Waals surface area contributed by atoms with Gasteiger partial charge in [-0.25, -0.2) is 0 Å². The molecule has 0 amide bonds. The van der Waals surface area contributed by atoms with Gasteiger partial charge < -0.3 is 4.74 Å². The lowest BCUT2D eigenvalue weighted by Gasteiger charge is -2.48. The molecule has 0 bridgehead atoms. The van der Waals surface area contributed by atoms with Gasteiger partial charge in [-0.1, -0.05) is 13.8 Å². The molecule has 0 aromatic carbocycles. The lowest BCUT2D eigenvalue weighted by atomic mass is 9.56. The van der Waals surface area contributed by atoms with Crippen LogP contribution in [0.3, 0.4) is 0 Å². The minimum absolute atomic E-state index is 0.633. The van der Waals surface area contributed by atoms with Crippen LogP contribution in [-0.4, -0.2) is 13.2 Å². The van der Waals surface area contributed by atoms with Crippen molar-refractivity contribution in [2.75, 3.05) is 13.2 Å². The summed E-state index contributed by atoms with van der Waals surface area (Å²) >= 11 is 0. The van der Waals surface area contributed by atoms with Crippen LogP contribution in [0.1, 0.15) is 33.1 Å². The molecule has 64 valence electrons. The Kier molecular flexibility index (Phi) is 1.71. The number of hydrogen-bond acceptors (Lipinski definition) is 1. The smallest absolute Gasteiger partial charge is 0.0526 e. The molecule has 1 heteroatoms. The second-order valence-corrected chi connectivity index (χ2v) is 4.55. The van der Waals surface area contributed by atoms with Gasteiger partial charge in [-0.15, -0.1) is 0 Å². The number of ether oxygens (including phenoxy) is 1. The Morgan fingerprint density at radius 3 is 2.55 bits per heavy atom. The van der Waals surface area contributed by atoms with Crippen LogP contribution < -0.4 is 0 Å². The van der Waals surface area contributed by atoms with Gasteiger partial charge in [0, 0.05) is 6.61 Å². The topological polar surface area (TPSA) is 9.23 Å². The standard InChI is InChI=1S/C10H18O/c1-8(2)9-3-4-10(9)5-6-11-7-10/h8-9H,3-7H2,1-2H3. The van der Waals surface area contributed by atoms with Gasteiger partial charge in [0.05, 0.1) is 6.61 Å². The van der Waals surface area contributed by atoms with Crippen LogP contribution in [-0.2, 0) is 4.74 Å². The van der Waals surface area contributed by atoms with Crippen LogP contribution in [0.25, 0.3) is 0 Å². The molecule has 1 heterocycles. The molecule has 2 unspecified atom stereocenters. The summed E-state index contributed by atoms with van der Waals surface area (Å²) in [4.78, 5) is 0. The summed E-state index contributed by atoms with van der Waals surface area (Å²) < 4.78 is 5.48. The summed E-state index contributed by atoms with van der Waals surface area (Å²) in [6.45, 7) is 6.77. The van der Waals surface area contributed by atoms with Crippen molar-refractivity contribution in [3.8, 4) is 0 Å². The summed E-state index contributed by atoms with van der Waals surface area (Å²) in [5, 5.41) is 0. The molecule has 1 spiro atoms. The normalized spacial score (nSPS) is 43.4. The van der Waals surface area contributed by atoms with Crippen molar-refractivity contribution in [1.82, 2.24) is 0 Å². The second kappa shape index (κ2) is 2.48. The quantitative estimate of drug-likeness (QED) is 0.563. The molecule has 1 saturated carbocycles. The fourth-order valence-corrected chi connectivity index (χ4v) is 2.87. The summed E-state index contributed by atoms with van der Waals surface area (Å²) in [5.41, 5.74) is 0.633. The van der Waals surface area contributed by atoms with Crippen LogP contribution in [0.5, 0.6) is 0 Å². The van der Waals surface area contributed by atoms with E-state index in [4.69, 9.17) is 4.74 Å². The van der Waals surface area contributed by atoms with Gasteiger partial charge in [0.25, 0.3) is 0 Å². The third kappa shape index (κ3) is 1.01. The average molecular weight is 154 g/mol. The predicted molar refractivity (Wildman–Crippen MR) is 45.4 cm³/mol. The van der Waals surface area contributed by atoms with Crippen molar-refractivity contribution >= 4 is 0 Å². The van der Waals surface area contributed by atoms with E-state index in [0.717, 1.165) is 25.0 Å². The van der Waals surface area contributed by atoms with Crippen molar-refractivity contribution in [1.29, 1.82) is 0 Å². The Morgan fingerprint density at radius 1 is 1.36 bits per heavy atom. The van der Waals surface area contributed by atoms with Crippen LogP contribution in [0.4, 0.5) is 0 Å². The van der Waals surface area contributed by atoms with Crippen LogP contribution in [0.15, 0.2) is 0 Å². The zero-order valence-electron chi connectivity index (χ0n) is 7.60. The molecule has 1 aliphatic carbocycles. The van der Waals surface area contributed by atoms with Crippen molar-refractivity contribution in [2.24, 2.45) is 17.3 Å². The third-order valence-electron chi connectivity index (χ3n) is 3.68. The Bertz CT molecular complexity index is 145. The van der Waals surface area contributed by atoms with E-state index >= 15 is 0 Å². The molecule has 2 atom stereocenters. The maximum atomic E-state index is 5.48. The molecule has 11 heavy (non-hydrogen) atoms. The largest absolute Gasteiger partial charge is 0.381 e. The van der Waals surface area contributed by atoms with E-state index in [-0.39, 0.29) is 0 Å². The molecule has 1 nitrogen and oxygen atoms in total. The maximum Gasteiger partial charge on any atom is 0.0526 e. The first-order valence-corrected chi connectivity index (χ1v) is 4.82. The van der Waals surface area contributed by atoms with E-state index in [9.17, 15) is 0 Å². The van der Waals surface area contributed by atoms with E-state index < -0.39 is 0 Å². The fourth-order valence-electron chi connectivity index (χ4n) is 2.87. The monoisotopic (exact) mass is 154 g/mol.